The van der Waals surface area contributed by atoms with E-state index in [0.717, 1.165) is 50.6 Å². The molecule has 3 rings (SSSR count). The quantitative estimate of drug-likeness (QED) is 0.699. The van der Waals surface area contributed by atoms with Crippen LogP contribution < -0.4 is 0 Å². The van der Waals surface area contributed by atoms with E-state index in [4.69, 9.17) is 4.42 Å². The number of likely N-dealkylation sites (tertiary alicyclic amines) is 1. The lowest BCUT2D eigenvalue weighted by atomic mass is 9.69. The normalized spacial score (nSPS) is 29.5. The summed E-state index contributed by atoms with van der Waals surface area (Å²) in [5, 5.41) is 18.1. The maximum atomic E-state index is 9.66. The maximum absolute atomic E-state index is 9.66. The Labute approximate surface area is 164 Å². The summed E-state index contributed by atoms with van der Waals surface area (Å²) in [5.74, 6) is 3.94. The molecular formula is C22H37N3O2. The van der Waals surface area contributed by atoms with Gasteiger partial charge in [0.1, 0.15) is 0 Å². The second kappa shape index (κ2) is 9.33. The number of rotatable bonds is 8. The van der Waals surface area contributed by atoms with Gasteiger partial charge in [0, 0.05) is 25.4 Å². The van der Waals surface area contributed by atoms with Gasteiger partial charge >= 0.3 is 0 Å². The zero-order valence-corrected chi connectivity index (χ0v) is 17.5. The summed E-state index contributed by atoms with van der Waals surface area (Å²) in [6, 6.07) is 0.361. The first-order chi connectivity index (χ1) is 13.0. The predicted octanol–water partition coefficient (Wildman–Crippen LogP) is 3.88. The van der Waals surface area contributed by atoms with E-state index in [1.165, 1.54) is 18.4 Å². The van der Waals surface area contributed by atoms with Crippen molar-refractivity contribution < 1.29 is 9.52 Å². The molecular weight excluding hydrogens is 338 g/mol. The largest absolute Gasteiger partial charge is 0.425 e. The fourth-order valence-corrected chi connectivity index (χ4v) is 5.00. The molecule has 0 spiro atoms. The van der Waals surface area contributed by atoms with Gasteiger partial charge < -0.3 is 9.52 Å². The average Bonchev–Trinajstić information content (AvgIpc) is 3.26. The van der Waals surface area contributed by atoms with Crippen LogP contribution in [0.4, 0.5) is 0 Å². The molecule has 152 valence electrons. The van der Waals surface area contributed by atoms with Crippen LogP contribution in [-0.4, -0.2) is 45.9 Å². The summed E-state index contributed by atoms with van der Waals surface area (Å²) < 4.78 is 5.85. The molecule has 5 heteroatoms. The SMILES string of the molecule is CCCc1nnc(CC2CC(C(C)C)C(CN3CCCC3CO)C=C2C)o1. The highest BCUT2D eigenvalue weighted by Crippen LogP contribution is 2.40. The van der Waals surface area contributed by atoms with Crippen LogP contribution in [0.15, 0.2) is 16.1 Å². The Hall–Kier alpha value is -1.20. The Morgan fingerprint density at radius 1 is 1.30 bits per heavy atom. The highest BCUT2D eigenvalue weighted by molar-refractivity contribution is 5.14. The minimum atomic E-state index is 0.293. The number of nitrogens with zero attached hydrogens (tertiary/aromatic N) is 3. The number of hydrogen-bond acceptors (Lipinski definition) is 5. The lowest BCUT2D eigenvalue weighted by Gasteiger charge is -2.39. The summed E-state index contributed by atoms with van der Waals surface area (Å²) in [6.45, 7) is 11.6. The number of hydrogen-bond donors (Lipinski definition) is 1. The first-order valence-corrected chi connectivity index (χ1v) is 10.9. The summed E-state index contributed by atoms with van der Waals surface area (Å²) in [7, 11) is 0. The molecule has 1 aliphatic heterocycles. The molecule has 27 heavy (non-hydrogen) atoms. The van der Waals surface area contributed by atoms with Gasteiger partial charge in [0.2, 0.25) is 11.8 Å². The highest BCUT2D eigenvalue weighted by Gasteiger charge is 2.35. The number of allylic oxidation sites excluding steroid dienone is 1. The minimum absolute atomic E-state index is 0.293. The topological polar surface area (TPSA) is 62.4 Å². The second-order valence-electron chi connectivity index (χ2n) is 8.93. The molecule has 4 atom stereocenters. The standard InChI is InChI=1S/C22H37N3O2/c1-5-7-21-23-24-22(27-21)12-17-11-20(15(2)3)18(10-16(17)4)13-25-9-6-8-19(25)14-26/h10,15,17-20,26H,5-9,11-14H2,1-4H3. The molecule has 0 aromatic carbocycles. The molecule has 1 aromatic heterocycles. The fourth-order valence-electron chi connectivity index (χ4n) is 5.00. The minimum Gasteiger partial charge on any atom is -0.425 e. The van der Waals surface area contributed by atoms with Crippen LogP contribution in [0.2, 0.25) is 0 Å². The Kier molecular flexibility index (Phi) is 7.10. The molecule has 1 fully saturated rings. The molecule has 4 unspecified atom stereocenters. The lowest BCUT2D eigenvalue weighted by Crippen LogP contribution is -2.40. The van der Waals surface area contributed by atoms with Crippen molar-refractivity contribution in [3.8, 4) is 0 Å². The van der Waals surface area contributed by atoms with Crippen LogP contribution in [0.25, 0.3) is 0 Å². The van der Waals surface area contributed by atoms with Gasteiger partial charge in [0.15, 0.2) is 0 Å². The fraction of sp³-hybridized carbons (Fsp3) is 0.818. The smallest absolute Gasteiger partial charge is 0.217 e. The number of aryl methyl sites for hydroxylation is 1. The maximum Gasteiger partial charge on any atom is 0.217 e. The van der Waals surface area contributed by atoms with Crippen molar-refractivity contribution in [1.82, 2.24) is 15.1 Å². The van der Waals surface area contributed by atoms with Crippen molar-refractivity contribution >= 4 is 0 Å². The molecule has 0 radical (unpaired) electrons. The van der Waals surface area contributed by atoms with E-state index in [1.807, 2.05) is 0 Å². The van der Waals surface area contributed by atoms with Gasteiger partial charge in [-0.05, 0) is 62.8 Å². The molecule has 1 N–H and O–H groups in total. The van der Waals surface area contributed by atoms with Crippen molar-refractivity contribution in [1.29, 1.82) is 0 Å². The third-order valence-electron chi connectivity index (χ3n) is 6.63. The van der Waals surface area contributed by atoms with E-state index in [2.05, 4.69) is 48.9 Å². The van der Waals surface area contributed by atoms with E-state index in [1.54, 1.807) is 0 Å². The van der Waals surface area contributed by atoms with Gasteiger partial charge in [0.05, 0.1) is 6.61 Å². The van der Waals surface area contributed by atoms with Gasteiger partial charge in [-0.1, -0.05) is 32.4 Å². The number of aliphatic hydroxyl groups excluding tert-OH is 1. The first-order valence-electron chi connectivity index (χ1n) is 10.9. The Bertz CT molecular complexity index is 625. The van der Waals surface area contributed by atoms with Gasteiger partial charge in [-0.15, -0.1) is 10.2 Å². The Balaban J connectivity index is 1.69. The summed E-state index contributed by atoms with van der Waals surface area (Å²) >= 11 is 0. The average molecular weight is 376 g/mol. The van der Waals surface area contributed by atoms with Crippen LogP contribution in [-0.2, 0) is 12.8 Å². The third-order valence-corrected chi connectivity index (χ3v) is 6.63. The molecule has 2 aliphatic rings. The van der Waals surface area contributed by atoms with Crippen molar-refractivity contribution in [2.75, 3.05) is 19.7 Å². The van der Waals surface area contributed by atoms with Crippen molar-refractivity contribution in [2.45, 2.75) is 72.3 Å². The molecule has 1 aliphatic carbocycles. The molecule has 0 amide bonds. The predicted molar refractivity (Wildman–Crippen MR) is 107 cm³/mol. The van der Waals surface area contributed by atoms with E-state index in [9.17, 15) is 5.11 Å². The molecule has 5 nitrogen and oxygen atoms in total. The van der Waals surface area contributed by atoms with E-state index >= 15 is 0 Å². The summed E-state index contributed by atoms with van der Waals surface area (Å²) in [6.07, 6.45) is 8.81. The van der Waals surface area contributed by atoms with Gasteiger partial charge in [-0.25, -0.2) is 0 Å². The van der Waals surface area contributed by atoms with Crippen LogP contribution >= 0.6 is 0 Å². The third kappa shape index (κ3) is 5.00. The van der Waals surface area contributed by atoms with Gasteiger partial charge in [-0.3, -0.25) is 4.90 Å². The molecule has 0 bridgehead atoms. The van der Waals surface area contributed by atoms with Crippen molar-refractivity contribution in [3.63, 3.8) is 0 Å². The molecule has 1 saturated heterocycles. The molecule has 1 aromatic rings. The Morgan fingerprint density at radius 2 is 2.07 bits per heavy atom. The zero-order chi connectivity index (χ0) is 19.4. The van der Waals surface area contributed by atoms with E-state index in [-0.39, 0.29) is 0 Å². The highest BCUT2D eigenvalue weighted by atomic mass is 16.4. The van der Waals surface area contributed by atoms with Crippen molar-refractivity contribution in [3.05, 3.63) is 23.4 Å². The van der Waals surface area contributed by atoms with Crippen LogP contribution in [0.3, 0.4) is 0 Å². The van der Waals surface area contributed by atoms with Gasteiger partial charge in [0.25, 0.3) is 0 Å². The number of aliphatic hydroxyl groups is 1. The van der Waals surface area contributed by atoms with E-state index < -0.39 is 0 Å². The van der Waals surface area contributed by atoms with Crippen LogP contribution in [0.5, 0.6) is 0 Å². The first kappa shape index (κ1) is 20.5. The van der Waals surface area contributed by atoms with Crippen LogP contribution in [0, 0.1) is 23.7 Å². The molecule has 0 saturated carbocycles. The van der Waals surface area contributed by atoms with Gasteiger partial charge in [-0.2, -0.15) is 0 Å². The monoisotopic (exact) mass is 375 g/mol. The van der Waals surface area contributed by atoms with Crippen LogP contribution in [0.1, 0.15) is 65.2 Å². The summed E-state index contributed by atoms with van der Waals surface area (Å²) in [5.41, 5.74) is 1.46. The van der Waals surface area contributed by atoms with Crippen molar-refractivity contribution in [2.24, 2.45) is 23.7 Å². The molecule has 2 heterocycles. The second-order valence-corrected chi connectivity index (χ2v) is 8.93. The zero-order valence-electron chi connectivity index (χ0n) is 17.5. The Morgan fingerprint density at radius 3 is 2.78 bits per heavy atom. The number of aromatic nitrogens is 2. The lowest BCUT2D eigenvalue weighted by molar-refractivity contribution is 0.117. The summed E-state index contributed by atoms with van der Waals surface area (Å²) in [4.78, 5) is 2.51. The van der Waals surface area contributed by atoms with E-state index in [0.29, 0.717) is 36.3 Å².